The van der Waals surface area contributed by atoms with Crippen LogP contribution in [0.1, 0.15) is 32.3 Å². The SMILES string of the molecule is CCOc1cc(CN2CCC(Nc3nc4ccc(OC(=O)O)cc4s3)CC2)cc(OCC)c1F. The van der Waals surface area contributed by atoms with Gasteiger partial charge in [0.2, 0.25) is 5.82 Å². The first-order valence-electron chi connectivity index (χ1n) is 11.3. The molecule has 0 amide bonds. The van der Waals surface area contributed by atoms with Crippen LogP contribution in [-0.2, 0) is 6.54 Å². The largest absolute Gasteiger partial charge is 0.511 e. The molecular formula is C24H28FN3O5S. The standard InChI is InChI=1S/C24H28FN3O5S/c1-3-31-19-11-15(12-20(22(19)25)32-4-2)14-28-9-7-16(8-10-28)26-23-27-18-6-5-17(33-24(29)30)13-21(18)34-23/h5-6,11-13,16H,3-4,7-10,14H2,1-2H3,(H,26,27)(H,29,30). The number of aromatic nitrogens is 1. The van der Waals surface area contributed by atoms with Gasteiger partial charge in [0.05, 0.1) is 23.4 Å². The number of thiazole rings is 1. The predicted molar refractivity (Wildman–Crippen MR) is 129 cm³/mol. The summed E-state index contributed by atoms with van der Waals surface area (Å²) in [4.78, 5) is 17.7. The van der Waals surface area contributed by atoms with Gasteiger partial charge in [-0.3, -0.25) is 4.90 Å². The zero-order chi connectivity index (χ0) is 24.1. The third kappa shape index (κ3) is 5.87. The van der Waals surface area contributed by atoms with Gasteiger partial charge in [0.15, 0.2) is 16.6 Å². The maximum atomic E-state index is 14.5. The van der Waals surface area contributed by atoms with Crippen LogP contribution in [0.3, 0.4) is 0 Å². The quantitative estimate of drug-likeness (QED) is 0.306. The van der Waals surface area contributed by atoms with E-state index in [1.54, 1.807) is 30.3 Å². The maximum Gasteiger partial charge on any atom is 0.511 e. The summed E-state index contributed by atoms with van der Waals surface area (Å²) in [6.45, 7) is 6.93. The number of anilines is 1. The molecule has 0 spiro atoms. The van der Waals surface area contributed by atoms with Crippen LogP contribution in [0.4, 0.5) is 14.3 Å². The van der Waals surface area contributed by atoms with E-state index in [-0.39, 0.29) is 23.3 Å². The number of piperidine rings is 1. The van der Waals surface area contributed by atoms with E-state index in [4.69, 9.17) is 19.3 Å². The van der Waals surface area contributed by atoms with Gasteiger partial charge in [-0.25, -0.2) is 9.78 Å². The number of rotatable bonds is 9. The number of nitrogens with zero attached hydrogens (tertiary/aromatic N) is 2. The van der Waals surface area contributed by atoms with Gasteiger partial charge in [0.25, 0.3) is 0 Å². The van der Waals surface area contributed by atoms with Gasteiger partial charge in [-0.15, -0.1) is 0 Å². The molecule has 0 atom stereocenters. The molecule has 0 radical (unpaired) electrons. The molecule has 2 heterocycles. The van der Waals surface area contributed by atoms with Crippen molar-refractivity contribution in [1.29, 1.82) is 0 Å². The lowest BCUT2D eigenvalue weighted by atomic mass is 10.0. The van der Waals surface area contributed by atoms with Crippen molar-refractivity contribution in [2.75, 3.05) is 31.6 Å². The number of benzene rings is 2. The highest BCUT2D eigenvalue weighted by atomic mass is 32.1. The molecule has 8 nitrogen and oxygen atoms in total. The monoisotopic (exact) mass is 489 g/mol. The zero-order valence-electron chi connectivity index (χ0n) is 19.2. The van der Waals surface area contributed by atoms with Crippen molar-refractivity contribution >= 4 is 32.8 Å². The molecule has 0 aliphatic carbocycles. The molecule has 10 heteroatoms. The lowest BCUT2D eigenvalue weighted by Crippen LogP contribution is -2.38. The zero-order valence-corrected chi connectivity index (χ0v) is 20.0. The second kappa shape index (κ2) is 10.9. The average Bonchev–Trinajstić information content (AvgIpc) is 3.19. The average molecular weight is 490 g/mol. The molecule has 1 aliphatic heterocycles. The van der Waals surface area contributed by atoms with Crippen molar-refractivity contribution < 1.29 is 28.5 Å². The molecule has 34 heavy (non-hydrogen) atoms. The highest BCUT2D eigenvalue weighted by Gasteiger charge is 2.22. The number of fused-ring (bicyclic) bond motifs is 1. The summed E-state index contributed by atoms with van der Waals surface area (Å²) in [5.74, 6) is 0.289. The molecule has 1 fully saturated rings. The van der Waals surface area contributed by atoms with Gasteiger partial charge in [-0.05, 0) is 56.5 Å². The fourth-order valence-corrected chi connectivity index (χ4v) is 5.01. The Hall–Kier alpha value is -3.11. The van der Waals surface area contributed by atoms with Crippen LogP contribution in [-0.4, -0.2) is 53.5 Å². The third-order valence-electron chi connectivity index (χ3n) is 5.55. The number of halogens is 1. The Kier molecular flexibility index (Phi) is 7.69. The number of carboxylic acid groups (broad SMARTS) is 1. The molecule has 2 N–H and O–H groups in total. The Bertz CT molecular complexity index is 1120. The van der Waals surface area contributed by atoms with E-state index in [9.17, 15) is 9.18 Å². The summed E-state index contributed by atoms with van der Waals surface area (Å²) in [7, 11) is 0. The molecule has 2 aromatic carbocycles. The Morgan fingerprint density at radius 1 is 1.18 bits per heavy atom. The number of hydrogen-bond donors (Lipinski definition) is 2. The summed E-state index contributed by atoms with van der Waals surface area (Å²) in [5.41, 5.74) is 1.76. The van der Waals surface area contributed by atoms with Crippen molar-refractivity contribution in [2.45, 2.75) is 39.3 Å². The van der Waals surface area contributed by atoms with E-state index in [1.807, 2.05) is 13.8 Å². The molecule has 0 unspecified atom stereocenters. The Balaban J connectivity index is 1.35. The molecule has 0 bridgehead atoms. The van der Waals surface area contributed by atoms with Crippen LogP contribution in [0.25, 0.3) is 10.2 Å². The van der Waals surface area contributed by atoms with Crippen molar-refractivity contribution in [3.05, 3.63) is 41.7 Å². The van der Waals surface area contributed by atoms with E-state index in [0.717, 1.165) is 46.8 Å². The Labute approximate surface area is 201 Å². The molecule has 0 saturated carbocycles. The number of nitrogens with one attached hydrogen (secondary N) is 1. The van der Waals surface area contributed by atoms with Crippen LogP contribution < -0.4 is 19.5 Å². The summed E-state index contributed by atoms with van der Waals surface area (Å²) in [6.07, 6.45) is 0.556. The van der Waals surface area contributed by atoms with E-state index in [0.29, 0.717) is 19.8 Å². The van der Waals surface area contributed by atoms with E-state index < -0.39 is 12.0 Å². The highest BCUT2D eigenvalue weighted by molar-refractivity contribution is 7.22. The molecular weight excluding hydrogens is 461 g/mol. The second-order valence-electron chi connectivity index (χ2n) is 7.98. The minimum absolute atomic E-state index is 0.229. The van der Waals surface area contributed by atoms with Crippen LogP contribution in [0.15, 0.2) is 30.3 Å². The first kappa shape index (κ1) is 24.0. The second-order valence-corrected chi connectivity index (χ2v) is 9.01. The number of ether oxygens (including phenoxy) is 3. The Morgan fingerprint density at radius 3 is 2.47 bits per heavy atom. The fourth-order valence-electron chi connectivity index (χ4n) is 4.04. The van der Waals surface area contributed by atoms with E-state index in [2.05, 4.69) is 15.2 Å². The van der Waals surface area contributed by atoms with Gasteiger partial charge < -0.3 is 24.6 Å². The van der Waals surface area contributed by atoms with Crippen LogP contribution in [0.2, 0.25) is 0 Å². The summed E-state index contributed by atoms with van der Waals surface area (Å²) in [6, 6.07) is 8.85. The molecule has 182 valence electrons. The third-order valence-corrected chi connectivity index (χ3v) is 6.50. The van der Waals surface area contributed by atoms with Gasteiger partial charge in [0.1, 0.15) is 5.75 Å². The minimum Gasteiger partial charge on any atom is -0.491 e. The first-order chi connectivity index (χ1) is 16.4. The maximum absolute atomic E-state index is 14.5. The molecule has 1 aromatic heterocycles. The lowest BCUT2D eigenvalue weighted by Gasteiger charge is -2.32. The molecule has 1 saturated heterocycles. The van der Waals surface area contributed by atoms with E-state index >= 15 is 0 Å². The van der Waals surface area contributed by atoms with Gasteiger partial charge in [-0.2, -0.15) is 4.39 Å². The van der Waals surface area contributed by atoms with Gasteiger partial charge in [-0.1, -0.05) is 11.3 Å². The van der Waals surface area contributed by atoms with Crippen molar-refractivity contribution in [3.8, 4) is 17.2 Å². The molecule has 1 aliphatic rings. The van der Waals surface area contributed by atoms with Crippen molar-refractivity contribution in [2.24, 2.45) is 0 Å². The normalized spacial score (nSPS) is 14.8. The van der Waals surface area contributed by atoms with Crippen LogP contribution in [0, 0.1) is 5.82 Å². The first-order valence-corrected chi connectivity index (χ1v) is 12.1. The lowest BCUT2D eigenvalue weighted by molar-refractivity contribution is 0.144. The number of likely N-dealkylation sites (tertiary alicyclic amines) is 1. The van der Waals surface area contributed by atoms with Crippen LogP contribution in [0.5, 0.6) is 17.2 Å². The van der Waals surface area contributed by atoms with Gasteiger partial charge >= 0.3 is 6.16 Å². The topological polar surface area (TPSA) is 93.2 Å². The smallest absolute Gasteiger partial charge is 0.491 e. The van der Waals surface area contributed by atoms with E-state index in [1.165, 1.54) is 11.3 Å². The number of carbonyl (C=O) groups is 1. The Morgan fingerprint density at radius 2 is 1.85 bits per heavy atom. The predicted octanol–water partition coefficient (Wildman–Crippen LogP) is 5.37. The summed E-state index contributed by atoms with van der Waals surface area (Å²) < 4.78 is 31.0. The van der Waals surface area contributed by atoms with Crippen molar-refractivity contribution in [1.82, 2.24) is 9.88 Å². The fraction of sp³-hybridized carbons (Fsp3) is 0.417. The minimum atomic E-state index is -1.34. The number of hydrogen-bond acceptors (Lipinski definition) is 8. The molecule has 4 rings (SSSR count). The van der Waals surface area contributed by atoms with Crippen LogP contribution >= 0.6 is 11.3 Å². The summed E-state index contributed by atoms with van der Waals surface area (Å²) >= 11 is 1.48. The highest BCUT2D eigenvalue weighted by Crippen LogP contribution is 2.32. The van der Waals surface area contributed by atoms with Crippen molar-refractivity contribution in [3.63, 3.8) is 0 Å². The van der Waals surface area contributed by atoms with Gasteiger partial charge in [0, 0.05) is 31.7 Å². The molecule has 3 aromatic rings. The summed E-state index contributed by atoms with van der Waals surface area (Å²) in [5, 5.41) is 13.1.